The van der Waals surface area contributed by atoms with Crippen molar-refractivity contribution in [3.8, 4) is 5.69 Å². The first kappa shape index (κ1) is 18.5. The average molecular weight is 389 g/mol. The smallest absolute Gasteiger partial charge is 0.261 e. The van der Waals surface area contributed by atoms with Gasteiger partial charge in [0.1, 0.15) is 12.7 Å². The zero-order valence-corrected chi connectivity index (χ0v) is 15.8. The minimum Gasteiger partial charge on any atom is -0.322 e. The van der Waals surface area contributed by atoms with Gasteiger partial charge in [0.15, 0.2) is 0 Å². The molecule has 0 unspecified atom stereocenters. The van der Waals surface area contributed by atoms with Crippen LogP contribution in [0.5, 0.6) is 0 Å². The van der Waals surface area contributed by atoms with Gasteiger partial charge < -0.3 is 5.32 Å². The molecule has 0 fully saturated rings. The van der Waals surface area contributed by atoms with Crippen LogP contribution in [0.2, 0.25) is 0 Å². The summed E-state index contributed by atoms with van der Waals surface area (Å²) < 4.78 is 1.61. The highest BCUT2D eigenvalue weighted by Gasteiger charge is 2.35. The highest BCUT2D eigenvalue weighted by atomic mass is 16.2. The summed E-state index contributed by atoms with van der Waals surface area (Å²) in [5.74, 6) is -0.993. The Morgan fingerprint density at radius 1 is 1.03 bits per heavy atom. The topological polar surface area (TPSA) is 97.2 Å². The zero-order chi connectivity index (χ0) is 20.4. The summed E-state index contributed by atoms with van der Waals surface area (Å²) in [6.45, 7) is 2.39. The number of carbonyl (C=O) groups excluding carboxylic acids is 3. The van der Waals surface area contributed by atoms with Crippen LogP contribution >= 0.6 is 0 Å². The number of nitrogens with one attached hydrogen (secondary N) is 1. The van der Waals surface area contributed by atoms with Crippen LogP contribution in [-0.2, 0) is 0 Å². The van der Waals surface area contributed by atoms with E-state index in [4.69, 9.17) is 0 Å². The van der Waals surface area contributed by atoms with Crippen molar-refractivity contribution in [2.24, 2.45) is 0 Å². The summed E-state index contributed by atoms with van der Waals surface area (Å²) in [4.78, 5) is 42.7. The van der Waals surface area contributed by atoms with E-state index >= 15 is 0 Å². The molecule has 146 valence electrons. The van der Waals surface area contributed by atoms with E-state index in [1.165, 1.54) is 17.3 Å². The lowest BCUT2D eigenvalue weighted by Gasteiger charge is -2.12. The third kappa shape index (κ3) is 3.52. The molecule has 4 rings (SSSR count). The lowest BCUT2D eigenvalue weighted by atomic mass is 10.1. The van der Waals surface area contributed by atoms with Gasteiger partial charge in [-0.2, -0.15) is 5.10 Å². The summed E-state index contributed by atoms with van der Waals surface area (Å²) in [5.41, 5.74) is 2.36. The maximum atomic E-state index is 12.6. The first-order valence-corrected chi connectivity index (χ1v) is 9.35. The molecular formula is C21H19N5O3. The Bertz CT molecular complexity index is 1070. The van der Waals surface area contributed by atoms with Gasteiger partial charge in [0.05, 0.1) is 16.8 Å². The number of imide groups is 1. The van der Waals surface area contributed by atoms with Gasteiger partial charge in [-0.25, -0.2) is 9.67 Å². The van der Waals surface area contributed by atoms with Crippen molar-refractivity contribution in [2.75, 3.05) is 11.9 Å². The van der Waals surface area contributed by atoms with Crippen molar-refractivity contribution in [2.45, 2.75) is 19.8 Å². The second-order valence-electron chi connectivity index (χ2n) is 6.72. The summed E-state index contributed by atoms with van der Waals surface area (Å²) in [7, 11) is 0. The summed E-state index contributed by atoms with van der Waals surface area (Å²) in [6.07, 6.45) is 4.67. The molecule has 2 aromatic carbocycles. The second kappa shape index (κ2) is 7.67. The molecule has 0 aliphatic carbocycles. The molecule has 0 radical (unpaired) electrons. The number of hydrogen-bond acceptors (Lipinski definition) is 5. The van der Waals surface area contributed by atoms with Crippen molar-refractivity contribution < 1.29 is 14.4 Å². The van der Waals surface area contributed by atoms with Crippen LogP contribution in [0.15, 0.2) is 55.1 Å². The Hall–Kier alpha value is -3.81. The monoisotopic (exact) mass is 389 g/mol. The molecule has 3 amide bonds. The highest BCUT2D eigenvalue weighted by molar-refractivity contribution is 6.22. The van der Waals surface area contributed by atoms with Crippen molar-refractivity contribution in [1.82, 2.24) is 19.7 Å². The molecule has 1 N–H and O–H groups in total. The zero-order valence-electron chi connectivity index (χ0n) is 15.8. The van der Waals surface area contributed by atoms with Crippen LogP contribution in [0.3, 0.4) is 0 Å². The van der Waals surface area contributed by atoms with Crippen molar-refractivity contribution in [1.29, 1.82) is 0 Å². The van der Waals surface area contributed by atoms with Gasteiger partial charge in [-0.15, -0.1) is 0 Å². The fourth-order valence-corrected chi connectivity index (χ4v) is 3.19. The lowest BCUT2D eigenvalue weighted by molar-refractivity contribution is 0.0652. The molecule has 0 atom stereocenters. The van der Waals surface area contributed by atoms with Gasteiger partial charge in [-0.1, -0.05) is 13.3 Å². The summed E-state index contributed by atoms with van der Waals surface area (Å²) in [5, 5.41) is 6.85. The molecule has 0 saturated carbocycles. The van der Waals surface area contributed by atoms with Gasteiger partial charge in [0.25, 0.3) is 17.7 Å². The van der Waals surface area contributed by atoms with E-state index in [0.29, 0.717) is 23.4 Å². The van der Waals surface area contributed by atoms with Gasteiger partial charge in [-0.05, 0) is 48.9 Å². The third-order valence-corrected chi connectivity index (χ3v) is 4.78. The maximum Gasteiger partial charge on any atom is 0.261 e. The first-order valence-electron chi connectivity index (χ1n) is 9.35. The standard InChI is InChI=1S/C21H19N5O3/c1-2-3-10-25-20(28)17-9-4-14(11-18(17)21(25)29)19(27)24-15-5-7-16(8-6-15)26-13-22-12-23-26/h4-9,11-13H,2-3,10H2,1H3,(H,24,27). The SMILES string of the molecule is CCCCN1C(=O)c2ccc(C(=O)Nc3ccc(-n4cncn4)cc3)cc2C1=O. The molecule has 29 heavy (non-hydrogen) atoms. The number of hydrogen-bond donors (Lipinski definition) is 1. The van der Waals surface area contributed by atoms with Crippen LogP contribution in [0.4, 0.5) is 5.69 Å². The van der Waals surface area contributed by atoms with E-state index in [9.17, 15) is 14.4 Å². The summed E-state index contributed by atoms with van der Waals surface area (Å²) in [6, 6.07) is 11.7. The number of amides is 3. The molecule has 8 nitrogen and oxygen atoms in total. The number of benzene rings is 2. The van der Waals surface area contributed by atoms with Crippen LogP contribution in [0.25, 0.3) is 5.69 Å². The number of carbonyl (C=O) groups is 3. The van der Waals surface area contributed by atoms with E-state index in [-0.39, 0.29) is 23.3 Å². The van der Waals surface area contributed by atoms with Crippen LogP contribution in [0.1, 0.15) is 50.8 Å². The number of nitrogens with zero attached hydrogens (tertiary/aromatic N) is 4. The minimum absolute atomic E-state index is 0.278. The Labute approximate surface area is 167 Å². The number of rotatable bonds is 6. The van der Waals surface area contributed by atoms with E-state index < -0.39 is 0 Å². The van der Waals surface area contributed by atoms with E-state index in [2.05, 4.69) is 15.4 Å². The van der Waals surface area contributed by atoms with Gasteiger partial charge in [0, 0.05) is 17.8 Å². The minimum atomic E-state index is -0.353. The quantitative estimate of drug-likeness (QED) is 0.654. The Morgan fingerprint density at radius 2 is 1.79 bits per heavy atom. The fraction of sp³-hybridized carbons (Fsp3) is 0.190. The van der Waals surface area contributed by atoms with Crippen molar-refractivity contribution >= 4 is 23.4 Å². The second-order valence-corrected chi connectivity index (χ2v) is 6.72. The molecule has 3 aromatic rings. The average Bonchev–Trinajstić information content (AvgIpc) is 3.35. The van der Waals surface area contributed by atoms with Gasteiger partial charge >= 0.3 is 0 Å². The third-order valence-electron chi connectivity index (χ3n) is 4.78. The molecule has 0 saturated heterocycles. The molecular weight excluding hydrogens is 370 g/mol. The van der Waals surface area contributed by atoms with Crippen molar-refractivity contribution in [3.63, 3.8) is 0 Å². The summed E-state index contributed by atoms with van der Waals surface area (Å²) >= 11 is 0. The Morgan fingerprint density at radius 3 is 2.48 bits per heavy atom. The number of anilines is 1. The van der Waals surface area contributed by atoms with E-state index in [1.54, 1.807) is 47.4 Å². The molecule has 0 spiro atoms. The predicted octanol–water partition coefficient (Wildman–Crippen LogP) is 2.92. The lowest BCUT2D eigenvalue weighted by Crippen LogP contribution is -2.30. The van der Waals surface area contributed by atoms with Crippen LogP contribution in [0, 0.1) is 0 Å². The van der Waals surface area contributed by atoms with Gasteiger partial charge in [0.2, 0.25) is 0 Å². The molecule has 1 aromatic heterocycles. The van der Waals surface area contributed by atoms with Crippen LogP contribution in [-0.4, -0.2) is 43.9 Å². The molecule has 1 aliphatic rings. The number of unbranched alkanes of at least 4 members (excludes halogenated alkanes) is 1. The maximum absolute atomic E-state index is 12.6. The Kier molecular flexibility index (Phi) is 4.90. The van der Waals surface area contributed by atoms with E-state index in [0.717, 1.165) is 18.5 Å². The largest absolute Gasteiger partial charge is 0.322 e. The molecule has 2 heterocycles. The molecule has 1 aliphatic heterocycles. The molecule has 0 bridgehead atoms. The normalized spacial score (nSPS) is 12.9. The van der Waals surface area contributed by atoms with Crippen LogP contribution < -0.4 is 5.32 Å². The first-order chi connectivity index (χ1) is 14.1. The van der Waals surface area contributed by atoms with Crippen molar-refractivity contribution in [3.05, 3.63) is 71.8 Å². The Balaban J connectivity index is 1.50. The van der Waals surface area contributed by atoms with Gasteiger partial charge in [-0.3, -0.25) is 19.3 Å². The number of aromatic nitrogens is 3. The fourth-order valence-electron chi connectivity index (χ4n) is 3.19. The predicted molar refractivity (Wildman–Crippen MR) is 106 cm³/mol. The highest BCUT2D eigenvalue weighted by Crippen LogP contribution is 2.25. The van der Waals surface area contributed by atoms with E-state index in [1.807, 2.05) is 6.92 Å². The molecule has 8 heteroatoms. The number of fused-ring (bicyclic) bond motifs is 1.